The average Bonchev–Trinajstić information content (AvgIpc) is 3.18. The van der Waals surface area contributed by atoms with Crippen LogP contribution in [0, 0.1) is 0 Å². The minimum atomic E-state index is -0.734. The Morgan fingerprint density at radius 1 is 1.35 bits per heavy atom. The van der Waals surface area contributed by atoms with Crippen molar-refractivity contribution in [2.24, 2.45) is 5.73 Å². The first-order chi connectivity index (χ1) is 12.5. The van der Waals surface area contributed by atoms with Gasteiger partial charge in [0.1, 0.15) is 16.7 Å². The molecule has 0 saturated carbocycles. The minimum Gasteiger partial charge on any atom is -0.368 e. The summed E-state index contributed by atoms with van der Waals surface area (Å²) in [5.41, 5.74) is 7.26. The van der Waals surface area contributed by atoms with Crippen LogP contribution < -0.4 is 11.3 Å². The quantitative estimate of drug-likeness (QED) is 0.741. The van der Waals surface area contributed by atoms with Crippen molar-refractivity contribution in [1.82, 2.24) is 9.55 Å². The second-order valence-corrected chi connectivity index (χ2v) is 8.00. The Bertz CT molecular complexity index is 1070. The van der Waals surface area contributed by atoms with E-state index in [1.807, 2.05) is 6.92 Å². The van der Waals surface area contributed by atoms with E-state index in [9.17, 15) is 9.59 Å². The maximum Gasteiger partial charge on any atom is 0.263 e. The van der Waals surface area contributed by atoms with Crippen molar-refractivity contribution >= 4 is 39.1 Å². The lowest BCUT2D eigenvalue weighted by molar-refractivity contribution is -0.121. The predicted molar refractivity (Wildman–Crippen MR) is 105 cm³/mol. The molecule has 1 amide bonds. The number of primary amides is 1. The Morgan fingerprint density at radius 2 is 2.08 bits per heavy atom. The molecule has 3 aromatic rings. The summed E-state index contributed by atoms with van der Waals surface area (Å²) in [5.74, 6) is -0.0671. The molecule has 0 spiro atoms. The van der Waals surface area contributed by atoms with Crippen molar-refractivity contribution in [3.05, 3.63) is 50.1 Å². The third-order valence-electron chi connectivity index (χ3n) is 4.90. The van der Waals surface area contributed by atoms with E-state index in [1.54, 1.807) is 35.6 Å². The van der Waals surface area contributed by atoms with Crippen LogP contribution in [0.1, 0.15) is 36.2 Å². The van der Waals surface area contributed by atoms with E-state index in [4.69, 9.17) is 22.3 Å². The monoisotopic (exact) mass is 387 g/mol. The topological polar surface area (TPSA) is 78.0 Å². The Balaban J connectivity index is 2.07. The number of hydrogen-bond donors (Lipinski definition) is 1. The lowest BCUT2D eigenvalue weighted by atomic mass is 10.1. The molecule has 1 aromatic carbocycles. The standard InChI is InChI=1S/C19H18ClN3O2S/c1-2-13(16(21)24)23-17(10-6-8-11(20)9-7-10)22-18-15(19(23)25)12-4-3-5-14(12)26-18/h6-9,13H,2-5H2,1H3,(H2,21,24). The van der Waals surface area contributed by atoms with Gasteiger partial charge < -0.3 is 5.73 Å². The zero-order chi connectivity index (χ0) is 18.4. The first kappa shape index (κ1) is 17.2. The Morgan fingerprint density at radius 3 is 2.73 bits per heavy atom. The predicted octanol–water partition coefficient (Wildman–Crippen LogP) is 3.70. The Kier molecular flexibility index (Phi) is 4.32. The van der Waals surface area contributed by atoms with E-state index in [1.165, 1.54) is 9.44 Å². The third kappa shape index (κ3) is 2.64. The van der Waals surface area contributed by atoms with Crippen molar-refractivity contribution in [2.45, 2.75) is 38.6 Å². The number of carbonyl (C=O) groups excluding carboxylic acids is 1. The number of amides is 1. The van der Waals surface area contributed by atoms with Crippen molar-refractivity contribution in [3.63, 3.8) is 0 Å². The van der Waals surface area contributed by atoms with Crippen LogP contribution in [0.25, 0.3) is 21.6 Å². The SMILES string of the molecule is CCC(C(N)=O)n1c(-c2ccc(Cl)cc2)nc2sc3c(c2c1=O)CCC3. The largest absolute Gasteiger partial charge is 0.368 e. The molecular weight excluding hydrogens is 370 g/mol. The molecule has 0 fully saturated rings. The van der Waals surface area contributed by atoms with E-state index < -0.39 is 11.9 Å². The van der Waals surface area contributed by atoms with Gasteiger partial charge in [-0.25, -0.2) is 4.98 Å². The first-order valence-electron chi connectivity index (χ1n) is 8.63. The number of thiophene rings is 1. The first-order valence-corrected chi connectivity index (χ1v) is 9.82. The number of carbonyl (C=O) groups is 1. The number of halogens is 1. The summed E-state index contributed by atoms with van der Waals surface area (Å²) in [5, 5.41) is 1.25. The number of rotatable bonds is 4. The lowest BCUT2D eigenvalue weighted by Gasteiger charge is -2.19. The molecule has 134 valence electrons. The van der Waals surface area contributed by atoms with Crippen molar-refractivity contribution < 1.29 is 4.79 Å². The maximum atomic E-state index is 13.4. The molecule has 0 saturated heterocycles. The highest BCUT2D eigenvalue weighted by Crippen LogP contribution is 2.36. The van der Waals surface area contributed by atoms with Crippen LogP contribution >= 0.6 is 22.9 Å². The summed E-state index contributed by atoms with van der Waals surface area (Å²) in [6.45, 7) is 1.84. The highest BCUT2D eigenvalue weighted by Gasteiger charge is 2.27. The third-order valence-corrected chi connectivity index (χ3v) is 6.34. The average molecular weight is 388 g/mol. The summed E-state index contributed by atoms with van der Waals surface area (Å²) in [4.78, 5) is 32.2. The molecule has 7 heteroatoms. The number of aryl methyl sites for hydroxylation is 2. The van der Waals surface area contributed by atoms with Crippen LogP contribution in [0.3, 0.4) is 0 Å². The maximum absolute atomic E-state index is 13.4. The van der Waals surface area contributed by atoms with E-state index in [0.29, 0.717) is 22.7 Å². The molecular formula is C19H18ClN3O2S. The van der Waals surface area contributed by atoms with E-state index in [-0.39, 0.29) is 5.56 Å². The van der Waals surface area contributed by atoms with Gasteiger partial charge in [-0.3, -0.25) is 14.2 Å². The molecule has 26 heavy (non-hydrogen) atoms. The molecule has 5 nitrogen and oxygen atoms in total. The summed E-state index contributed by atoms with van der Waals surface area (Å²) >= 11 is 7.58. The highest BCUT2D eigenvalue weighted by atomic mass is 35.5. The molecule has 0 bridgehead atoms. The molecule has 1 aliphatic carbocycles. The van der Waals surface area contributed by atoms with Gasteiger partial charge in [-0.15, -0.1) is 11.3 Å². The number of nitrogens with two attached hydrogens (primary N) is 1. The van der Waals surface area contributed by atoms with Gasteiger partial charge in [-0.2, -0.15) is 0 Å². The fraction of sp³-hybridized carbons (Fsp3) is 0.316. The van der Waals surface area contributed by atoms with Crippen molar-refractivity contribution in [1.29, 1.82) is 0 Å². The van der Waals surface area contributed by atoms with Crippen LogP contribution in [-0.2, 0) is 17.6 Å². The van der Waals surface area contributed by atoms with Gasteiger partial charge in [0.05, 0.1) is 5.39 Å². The second kappa shape index (κ2) is 6.52. The van der Waals surface area contributed by atoms with Gasteiger partial charge in [0.15, 0.2) is 0 Å². The minimum absolute atomic E-state index is 0.176. The van der Waals surface area contributed by atoms with Gasteiger partial charge in [-0.05, 0) is 55.5 Å². The van der Waals surface area contributed by atoms with Crippen molar-refractivity contribution in [3.8, 4) is 11.4 Å². The fourth-order valence-corrected chi connectivity index (χ4v) is 5.04. The van der Waals surface area contributed by atoms with Crippen LogP contribution in [0.4, 0.5) is 0 Å². The summed E-state index contributed by atoms with van der Waals surface area (Å²) < 4.78 is 1.47. The highest BCUT2D eigenvalue weighted by molar-refractivity contribution is 7.18. The van der Waals surface area contributed by atoms with E-state index in [0.717, 1.165) is 35.2 Å². The molecule has 2 heterocycles. The summed E-state index contributed by atoms with van der Waals surface area (Å²) in [6.07, 6.45) is 3.36. The van der Waals surface area contributed by atoms with Gasteiger partial charge in [0.2, 0.25) is 5.91 Å². The smallest absolute Gasteiger partial charge is 0.263 e. The molecule has 0 radical (unpaired) electrons. The van der Waals surface area contributed by atoms with E-state index >= 15 is 0 Å². The Labute approximate surface area is 159 Å². The molecule has 2 aromatic heterocycles. The molecule has 1 unspecified atom stereocenters. The van der Waals surface area contributed by atoms with Gasteiger partial charge in [0.25, 0.3) is 5.56 Å². The number of aromatic nitrogens is 2. The van der Waals surface area contributed by atoms with Crippen LogP contribution in [0.2, 0.25) is 5.02 Å². The van der Waals surface area contributed by atoms with Gasteiger partial charge >= 0.3 is 0 Å². The fourth-order valence-electron chi connectivity index (χ4n) is 3.66. The van der Waals surface area contributed by atoms with Gasteiger partial charge in [-0.1, -0.05) is 18.5 Å². The molecule has 2 N–H and O–H groups in total. The van der Waals surface area contributed by atoms with E-state index in [2.05, 4.69) is 0 Å². The summed E-state index contributed by atoms with van der Waals surface area (Å²) in [6, 6.07) is 6.37. The normalized spacial score (nSPS) is 14.5. The van der Waals surface area contributed by atoms with Gasteiger partial charge in [0, 0.05) is 15.5 Å². The zero-order valence-corrected chi connectivity index (χ0v) is 15.9. The number of fused-ring (bicyclic) bond motifs is 3. The summed E-state index contributed by atoms with van der Waals surface area (Å²) in [7, 11) is 0. The van der Waals surface area contributed by atoms with Crippen LogP contribution in [0.5, 0.6) is 0 Å². The number of hydrogen-bond acceptors (Lipinski definition) is 4. The lowest BCUT2D eigenvalue weighted by Crippen LogP contribution is -2.35. The van der Waals surface area contributed by atoms with Crippen LogP contribution in [-0.4, -0.2) is 15.5 Å². The molecule has 4 rings (SSSR count). The number of benzene rings is 1. The molecule has 0 aliphatic heterocycles. The second-order valence-electron chi connectivity index (χ2n) is 6.48. The molecule has 1 aliphatic rings. The number of nitrogens with zero attached hydrogens (tertiary/aromatic N) is 2. The molecule has 1 atom stereocenters. The van der Waals surface area contributed by atoms with Crippen molar-refractivity contribution in [2.75, 3.05) is 0 Å². The zero-order valence-electron chi connectivity index (χ0n) is 14.3. The van der Waals surface area contributed by atoms with Crippen LogP contribution in [0.15, 0.2) is 29.1 Å². The Hall–Kier alpha value is -2.18.